The van der Waals surface area contributed by atoms with Gasteiger partial charge >= 0.3 is 0 Å². The molecule has 1 atom stereocenters. The molecule has 0 radical (unpaired) electrons. The minimum absolute atomic E-state index is 0.191. The Morgan fingerprint density at radius 2 is 1.95 bits per heavy atom. The number of amides is 1. The molecule has 0 aliphatic carbocycles. The maximum Gasteiger partial charge on any atom is 0.253 e. The second-order valence-corrected chi connectivity index (χ2v) is 6.33. The van der Waals surface area contributed by atoms with Gasteiger partial charge in [-0.05, 0) is 37.1 Å². The molecule has 0 saturated carbocycles. The highest BCUT2D eigenvalue weighted by molar-refractivity contribution is 9.08. The van der Waals surface area contributed by atoms with Gasteiger partial charge in [0.2, 0.25) is 0 Å². The lowest BCUT2D eigenvalue weighted by Gasteiger charge is -2.44. The summed E-state index contributed by atoms with van der Waals surface area (Å²) in [6, 6.07) is 8.54. The molecule has 3 rings (SSSR count). The molecule has 2 aliphatic rings. The van der Waals surface area contributed by atoms with E-state index in [0.717, 1.165) is 30.5 Å². The lowest BCUT2D eigenvalue weighted by atomic mass is 9.99. The molecule has 1 aromatic carbocycles. The topological polar surface area (TPSA) is 23.6 Å². The van der Waals surface area contributed by atoms with Crippen LogP contribution in [0.3, 0.4) is 0 Å². The molecule has 2 heterocycles. The summed E-state index contributed by atoms with van der Waals surface area (Å²) >= 11 is 3.43. The van der Waals surface area contributed by atoms with Crippen LogP contribution >= 0.6 is 15.9 Å². The molecule has 0 N–H and O–H groups in total. The smallest absolute Gasteiger partial charge is 0.253 e. The number of fused-ring (bicyclic) bond motifs is 1. The lowest BCUT2D eigenvalue weighted by molar-refractivity contribution is 0.0372. The number of piperazine rings is 1. The fraction of sp³-hybridized carbons (Fsp3) is 0.562. The Hall–Kier alpha value is -0.870. The van der Waals surface area contributed by atoms with E-state index in [9.17, 15) is 4.79 Å². The Morgan fingerprint density at radius 3 is 2.70 bits per heavy atom. The van der Waals surface area contributed by atoms with E-state index < -0.39 is 0 Å². The molecular formula is C16H21BrN2O. The molecule has 2 aliphatic heterocycles. The first-order chi connectivity index (χ1) is 9.78. The summed E-state index contributed by atoms with van der Waals surface area (Å²) in [6.07, 6.45) is 3.87. The summed E-state index contributed by atoms with van der Waals surface area (Å²) in [6.45, 7) is 4.02. The molecule has 4 heteroatoms. The molecule has 0 spiro atoms. The van der Waals surface area contributed by atoms with Gasteiger partial charge in [0.1, 0.15) is 0 Å². The zero-order valence-electron chi connectivity index (χ0n) is 11.7. The summed E-state index contributed by atoms with van der Waals surface area (Å²) in [5.74, 6) is 0.191. The van der Waals surface area contributed by atoms with E-state index in [-0.39, 0.29) is 5.91 Å². The maximum atomic E-state index is 12.6. The summed E-state index contributed by atoms with van der Waals surface area (Å²) in [5.41, 5.74) is 2.03. The van der Waals surface area contributed by atoms with Crippen LogP contribution in [0.2, 0.25) is 0 Å². The third-order valence-corrected chi connectivity index (χ3v) is 5.13. The van der Waals surface area contributed by atoms with Crippen LogP contribution in [0, 0.1) is 0 Å². The standard InChI is InChI=1S/C16H21BrN2O/c17-11-13-4-6-14(7-5-13)16(20)19-10-9-18-8-2-1-3-15(18)12-19/h4-7,15H,1-3,8-12H2. The van der Waals surface area contributed by atoms with Crippen molar-refractivity contribution < 1.29 is 4.79 Å². The van der Waals surface area contributed by atoms with E-state index in [1.165, 1.54) is 31.4 Å². The molecule has 2 fully saturated rings. The van der Waals surface area contributed by atoms with Crippen molar-refractivity contribution in [2.45, 2.75) is 30.6 Å². The number of alkyl halides is 1. The van der Waals surface area contributed by atoms with Gasteiger partial charge in [0.25, 0.3) is 5.91 Å². The largest absolute Gasteiger partial charge is 0.336 e. The van der Waals surface area contributed by atoms with Gasteiger partial charge in [-0.15, -0.1) is 0 Å². The summed E-state index contributed by atoms with van der Waals surface area (Å²) in [7, 11) is 0. The Morgan fingerprint density at radius 1 is 1.15 bits per heavy atom. The van der Waals surface area contributed by atoms with Gasteiger partial charge in [0.05, 0.1) is 0 Å². The Balaban J connectivity index is 1.67. The highest BCUT2D eigenvalue weighted by atomic mass is 79.9. The molecule has 0 aromatic heterocycles. The quantitative estimate of drug-likeness (QED) is 0.775. The minimum atomic E-state index is 0.191. The van der Waals surface area contributed by atoms with Gasteiger partial charge in [-0.1, -0.05) is 34.5 Å². The van der Waals surface area contributed by atoms with Gasteiger partial charge < -0.3 is 4.90 Å². The second kappa shape index (κ2) is 6.27. The number of nitrogens with zero attached hydrogens (tertiary/aromatic N) is 2. The molecule has 3 nitrogen and oxygen atoms in total. The zero-order chi connectivity index (χ0) is 13.9. The summed E-state index contributed by atoms with van der Waals surface area (Å²) < 4.78 is 0. The second-order valence-electron chi connectivity index (χ2n) is 5.77. The van der Waals surface area contributed by atoms with E-state index in [2.05, 4.69) is 20.8 Å². The highest BCUT2D eigenvalue weighted by Gasteiger charge is 2.31. The van der Waals surface area contributed by atoms with Crippen molar-refractivity contribution in [1.82, 2.24) is 9.80 Å². The predicted octanol–water partition coefficient (Wildman–Crippen LogP) is 2.89. The van der Waals surface area contributed by atoms with Gasteiger partial charge in [-0.2, -0.15) is 0 Å². The zero-order valence-corrected chi connectivity index (χ0v) is 13.3. The van der Waals surface area contributed by atoms with Crippen LogP contribution in [0.5, 0.6) is 0 Å². The number of halogens is 1. The van der Waals surface area contributed by atoms with Gasteiger partial charge in [-0.25, -0.2) is 0 Å². The van der Waals surface area contributed by atoms with Crippen LogP contribution in [0.1, 0.15) is 35.2 Å². The first-order valence-corrected chi connectivity index (χ1v) is 8.58. The first kappa shape index (κ1) is 14.1. The van der Waals surface area contributed by atoms with Crippen molar-refractivity contribution in [1.29, 1.82) is 0 Å². The van der Waals surface area contributed by atoms with E-state index in [1.807, 2.05) is 29.2 Å². The van der Waals surface area contributed by atoms with E-state index in [0.29, 0.717) is 6.04 Å². The van der Waals surface area contributed by atoms with Gasteiger partial charge in [-0.3, -0.25) is 9.69 Å². The van der Waals surface area contributed by atoms with Crippen molar-refractivity contribution in [3.05, 3.63) is 35.4 Å². The van der Waals surface area contributed by atoms with Crippen LogP contribution in [-0.2, 0) is 5.33 Å². The number of rotatable bonds is 2. The molecule has 0 bridgehead atoms. The third kappa shape index (κ3) is 2.91. The van der Waals surface area contributed by atoms with Gasteiger partial charge in [0.15, 0.2) is 0 Å². The summed E-state index contributed by atoms with van der Waals surface area (Å²) in [4.78, 5) is 17.2. The maximum absolute atomic E-state index is 12.6. The van der Waals surface area contributed by atoms with Crippen LogP contribution in [0.4, 0.5) is 0 Å². The van der Waals surface area contributed by atoms with Crippen molar-refractivity contribution in [2.75, 3.05) is 26.2 Å². The van der Waals surface area contributed by atoms with E-state index >= 15 is 0 Å². The van der Waals surface area contributed by atoms with Crippen molar-refractivity contribution in [2.24, 2.45) is 0 Å². The molecule has 2 saturated heterocycles. The lowest BCUT2D eigenvalue weighted by Crippen LogP contribution is -2.56. The normalized spacial score (nSPS) is 23.4. The molecule has 1 unspecified atom stereocenters. The Labute approximate surface area is 129 Å². The fourth-order valence-corrected chi connectivity index (χ4v) is 3.63. The van der Waals surface area contributed by atoms with Crippen LogP contribution in [0.25, 0.3) is 0 Å². The average molecular weight is 337 g/mol. The number of piperidine rings is 1. The minimum Gasteiger partial charge on any atom is -0.336 e. The van der Waals surface area contributed by atoms with Crippen LogP contribution in [0.15, 0.2) is 24.3 Å². The van der Waals surface area contributed by atoms with Gasteiger partial charge in [0, 0.05) is 36.6 Å². The van der Waals surface area contributed by atoms with Crippen molar-refractivity contribution in [3.8, 4) is 0 Å². The fourth-order valence-electron chi connectivity index (χ4n) is 3.26. The molecule has 1 aromatic rings. The third-order valence-electron chi connectivity index (χ3n) is 4.48. The number of carbonyl (C=O) groups excluding carboxylic acids is 1. The van der Waals surface area contributed by atoms with Crippen molar-refractivity contribution >= 4 is 21.8 Å². The van der Waals surface area contributed by atoms with Crippen LogP contribution in [-0.4, -0.2) is 47.9 Å². The number of hydrogen-bond donors (Lipinski definition) is 0. The number of hydrogen-bond acceptors (Lipinski definition) is 2. The SMILES string of the molecule is O=C(c1ccc(CBr)cc1)N1CCN2CCCCC2C1. The first-order valence-electron chi connectivity index (χ1n) is 7.46. The number of benzene rings is 1. The van der Waals surface area contributed by atoms with E-state index in [4.69, 9.17) is 0 Å². The summed E-state index contributed by atoms with van der Waals surface area (Å²) in [5, 5.41) is 0.836. The highest BCUT2D eigenvalue weighted by Crippen LogP contribution is 2.22. The predicted molar refractivity (Wildman–Crippen MR) is 84.2 cm³/mol. The monoisotopic (exact) mass is 336 g/mol. The number of carbonyl (C=O) groups is 1. The average Bonchev–Trinajstić information content (AvgIpc) is 2.54. The van der Waals surface area contributed by atoms with Crippen LogP contribution < -0.4 is 0 Å². The van der Waals surface area contributed by atoms with E-state index in [1.54, 1.807) is 0 Å². The molecule has 108 valence electrons. The Kier molecular flexibility index (Phi) is 4.41. The van der Waals surface area contributed by atoms with Crippen molar-refractivity contribution in [3.63, 3.8) is 0 Å². The molecule has 1 amide bonds. The molecular weight excluding hydrogens is 316 g/mol. The Bertz CT molecular complexity index is 474. The molecule has 20 heavy (non-hydrogen) atoms.